The van der Waals surface area contributed by atoms with E-state index in [1.165, 1.54) is 5.56 Å². The molecular formula is C22H25N3O6S. The predicted octanol–water partition coefficient (Wildman–Crippen LogP) is 2.56. The Hall–Kier alpha value is -3.21. The van der Waals surface area contributed by atoms with Gasteiger partial charge in [0.15, 0.2) is 5.75 Å². The molecule has 0 radical (unpaired) electrons. The van der Waals surface area contributed by atoms with Gasteiger partial charge >= 0.3 is 11.9 Å². The van der Waals surface area contributed by atoms with Gasteiger partial charge in [-0.05, 0) is 24.6 Å². The average molecular weight is 460 g/mol. The minimum absolute atomic E-state index is 0.218. The molecule has 0 saturated carbocycles. The van der Waals surface area contributed by atoms with E-state index in [0.29, 0.717) is 12.2 Å². The Bertz CT molecular complexity index is 1010. The molecule has 2 aromatic rings. The Morgan fingerprint density at radius 1 is 1.09 bits per heavy atom. The van der Waals surface area contributed by atoms with Gasteiger partial charge in [-0.25, -0.2) is 14.6 Å². The number of hydrogen-bond donors (Lipinski definition) is 3. The topological polar surface area (TPSA) is 123 Å². The van der Waals surface area contributed by atoms with Crippen LogP contribution in [0.2, 0.25) is 0 Å². The van der Waals surface area contributed by atoms with Crippen molar-refractivity contribution in [1.82, 2.24) is 9.80 Å². The molecule has 3 N–H and O–H groups in total. The summed E-state index contributed by atoms with van der Waals surface area (Å²) in [6.45, 7) is 6.74. The third-order valence-corrected chi connectivity index (χ3v) is 5.61. The van der Waals surface area contributed by atoms with E-state index in [-0.39, 0.29) is 6.61 Å². The molecule has 0 amide bonds. The number of hydrogen-bond acceptors (Lipinski definition) is 8. The summed E-state index contributed by atoms with van der Waals surface area (Å²) < 4.78 is 6.13. The number of nitrogens with zero attached hydrogens (tertiary/aromatic N) is 3. The fourth-order valence-corrected chi connectivity index (χ4v) is 4.05. The summed E-state index contributed by atoms with van der Waals surface area (Å²) in [6.07, 6.45) is 1.12. The van der Waals surface area contributed by atoms with Crippen LogP contribution in [0.3, 0.4) is 0 Å². The van der Waals surface area contributed by atoms with Crippen LogP contribution in [0.5, 0.6) is 11.5 Å². The molecule has 2 aliphatic heterocycles. The van der Waals surface area contributed by atoms with Gasteiger partial charge < -0.3 is 25.0 Å². The third kappa shape index (κ3) is 6.16. The minimum Gasteiger partial charge on any atom is -0.478 e. The monoisotopic (exact) mass is 459 g/mol. The molecule has 0 unspecified atom stereocenters. The summed E-state index contributed by atoms with van der Waals surface area (Å²) in [7, 11) is 0. The van der Waals surface area contributed by atoms with Gasteiger partial charge in [-0.3, -0.25) is 4.90 Å². The average Bonchev–Trinajstić information content (AvgIpc) is 3.15. The molecule has 3 heterocycles. The van der Waals surface area contributed by atoms with Gasteiger partial charge in [-0.2, -0.15) is 0 Å². The quantitative estimate of drug-likeness (QED) is 0.596. The number of thiophene rings is 1. The number of rotatable bonds is 4. The van der Waals surface area contributed by atoms with Crippen molar-refractivity contribution in [2.24, 2.45) is 4.99 Å². The maximum absolute atomic E-state index is 9.55. The van der Waals surface area contributed by atoms with E-state index in [2.05, 4.69) is 28.2 Å². The number of ether oxygens (including phenoxy) is 1. The van der Waals surface area contributed by atoms with Gasteiger partial charge in [-0.1, -0.05) is 6.07 Å². The number of carboxylic acids is 2. The number of carbonyl (C=O) groups is 2. The van der Waals surface area contributed by atoms with E-state index in [9.17, 15) is 9.59 Å². The Labute approximate surface area is 189 Å². The van der Waals surface area contributed by atoms with Crippen LogP contribution in [0.4, 0.5) is 5.69 Å². The van der Waals surface area contributed by atoms with Crippen LogP contribution in [0.25, 0.3) is 0 Å². The lowest BCUT2D eigenvalue weighted by atomic mass is 10.2. The van der Waals surface area contributed by atoms with E-state index in [1.54, 1.807) is 11.3 Å². The largest absolute Gasteiger partial charge is 0.478 e. The lowest BCUT2D eigenvalue weighted by molar-refractivity contribution is -0.134. The van der Waals surface area contributed by atoms with Crippen LogP contribution < -0.4 is 4.74 Å². The summed E-state index contributed by atoms with van der Waals surface area (Å²) in [5.41, 5.74) is 3.13. The SMILES string of the molecule is Cc1ccc2c(c1)Oc1cscc1C(N1CCN(CCO)CC1)=N2.O=C(O)/C=C/C(=O)O. The molecule has 1 saturated heterocycles. The van der Waals surface area contributed by atoms with Crippen molar-refractivity contribution in [2.45, 2.75) is 6.92 Å². The first-order valence-electron chi connectivity index (χ1n) is 10.0. The zero-order valence-corrected chi connectivity index (χ0v) is 18.4. The first kappa shape index (κ1) is 23.5. The fraction of sp³-hybridized carbons (Fsp3) is 0.318. The first-order valence-corrected chi connectivity index (χ1v) is 11.0. The molecule has 0 spiro atoms. The number of aliphatic hydroxyl groups excluding tert-OH is 1. The first-order chi connectivity index (χ1) is 15.4. The van der Waals surface area contributed by atoms with Crippen molar-refractivity contribution >= 4 is 34.8 Å². The van der Waals surface area contributed by atoms with Gasteiger partial charge in [0.2, 0.25) is 0 Å². The second-order valence-electron chi connectivity index (χ2n) is 7.22. The van der Waals surface area contributed by atoms with E-state index in [0.717, 1.165) is 61.3 Å². The van der Waals surface area contributed by atoms with Crippen molar-refractivity contribution in [2.75, 3.05) is 39.3 Å². The number of benzene rings is 1. The summed E-state index contributed by atoms with van der Waals surface area (Å²) in [4.78, 5) is 28.7. The molecule has 9 nitrogen and oxygen atoms in total. The highest BCUT2D eigenvalue weighted by molar-refractivity contribution is 7.08. The van der Waals surface area contributed by atoms with Crippen molar-refractivity contribution in [3.63, 3.8) is 0 Å². The maximum atomic E-state index is 9.55. The van der Waals surface area contributed by atoms with Crippen molar-refractivity contribution in [3.05, 3.63) is 52.2 Å². The third-order valence-electron chi connectivity index (χ3n) is 4.89. The van der Waals surface area contributed by atoms with Gasteiger partial charge in [0.1, 0.15) is 17.3 Å². The van der Waals surface area contributed by atoms with Crippen molar-refractivity contribution in [3.8, 4) is 11.5 Å². The molecule has 0 bridgehead atoms. The fourth-order valence-electron chi connectivity index (χ4n) is 3.32. The van der Waals surface area contributed by atoms with Crippen LogP contribution in [0.15, 0.2) is 46.1 Å². The van der Waals surface area contributed by atoms with E-state index in [1.807, 2.05) is 17.5 Å². The molecule has 170 valence electrons. The second kappa shape index (κ2) is 10.9. The molecule has 0 atom stereocenters. The smallest absolute Gasteiger partial charge is 0.328 e. The highest BCUT2D eigenvalue weighted by Gasteiger charge is 2.26. The summed E-state index contributed by atoms with van der Waals surface area (Å²) in [6, 6.07) is 6.14. The lowest BCUT2D eigenvalue weighted by Gasteiger charge is -2.36. The number of amidine groups is 1. The minimum atomic E-state index is -1.26. The number of aliphatic imine (C=N–C) groups is 1. The maximum Gasteiger partial charge on any atom is 0.328 e. The lowest BCUT2D eigenvalue weighted by Crippen LogP contribution is -2.49. The highest BCUT2D eigenvalue weighted by atomic mass is 32.1. The van der Waals surface area contributed by atoms with Gasteiger partial charge in [0.25, 0.3) is 0 Å². The zero-order valence-electron chi connectivity index (χ0n) is 17.6. The number of piperazine rings is 1. The Kier molecular flexibility index (Phi) is 7.98. The van der Waals surface area contributed by atoms with Gasteiger partial charge in [-0.15, -0.1) is 11.3 Å². The van der Waals surface area contributed by atoms with Crippen molar-refractivity contribution in [1.29, 1.82) is 0 Å². The van der Waals surface area contributed by atoms with Crippen LogP contribution >= 0.6 is 11.3 Å². The van der Waals surface area contributed by atoms with E-state index < -0.39 is 11.9 Å². The summed E-state index contributed by atoms with van der Waals surface area (Å²) >= 11 is 1.64. The number of fused-ring (bicyclic) bond motifs is 2. The van der Waals surface area contributed by atoms with Crippen LogP contribution in [-0.2, 0) is 9.59 Å². The van der Waals surface area contributed by atoms with Gasteiger partial charge in [0.05, 0.1) is 12.2 Å². The summed E-state index contributed by atoms with van der Waals surface area (Å²) in [5.74, 6) is 0.196. The van der Waals surface area contributed by atoms with E-state index >= 15 is 0 Å². The molecule has 0 aliphatic carbocycles. The molecule has 2 aliphatic rings. The molecular weight excluding hydrogens is 434 g/mol. The standard InChI is InChI=1S/C18H21N3O2S.C4H4O4/c1-13-2-3-15-16(10-13)23-17-12-24-11-14(17)18(19-15)21-6-4-20(5-7-21)8-9-22;5-3(6)1-2-4(7)8/h2-3,10-12,22H,4-9H2,1H3;1-2H,(H,5,6)(H,7,8)/b;2-1+. The number of aryl methyl sites for hydroxylation is 1. The summed E-state index contributed by atoms with van der Waals surface area (Å²) in [5, 5.41) is 28.9. The van der Waals surface area contributed by atoms with Crippen LogP contribution in [0.1, 0.15) is 11.1 Å². The number of carboxylic acid groups (broad SMARTS) is 2. The van der Waals surface area contributed by atoms with Crippen LogP contribution in [0, 0.1) is 6.92 Å². The molecule has 1 aromatic carbocycles. The second-order valence-corrected chi connectivity index (χ2v) is 7.96. The molecule has 10 heteroatoms. The van der Waals surface area contributed by atoms with Crippen LogP contribution in [-0.4, -0.2) is 82.2 Å². The molecule has 4 rings (SSSR count). The Morgan fingerprint density at radius 3 is 2.41 bits per heavy atom. The normalized spacial score (nSPS) is 15.6. The van der Waals surface area contributed by atoms with Crippen molar-refractivity contribution < 1.29 is 29.6 Å². The number of aliphatic carboxylic acids is 2. The number of aliphatic hydroxyl groups is 1. The Morgan fingerprint density at radius 2 is 1.78 bits per heavy atom. The van der Waals surface area contributed by atoms with Gasteiger partial charge in [0, 0.05) is 55.6 Å². The zero-order chi connectivity index (χ0) is 23.1. The molecule has 1 aromatic heterocycles. The Balaban J connectivity index is 0.000000312. The highest BCUT2D eigenvalue weighted by Crippen LogP contribution is 2.40. The number of β-amino-alcohol motifs (C(OH)–C–C–N with tert-alkyl or cyclic N) is 1. The molecule has 32 heavy (non-hydrogen) atoms. The molecule has 1 fully saturated rings. The predicted molar refractivity (Wildman–Crippen MR) is 121 cm³/mol. The van der Waals surface area contributed by atoms with E-state index in [4.69, 9.17) is 25.0 Å².